The lowest BCUT2D eigenvalue weighted by Gasteiger charge is -2.30. The minimum absolute atomic E-state index is 0.0278. The normalized spacial score (nSPS) is 14.6. The van der Waals surface area contributed by atoms with Gasteiger partial charge >= 0.3 is 6.03 Å². The van der Waals surface area contributed by atoms with Crippen molar-refractivity contribution < 1.29 is 9.59 Å². The lowest BCUT2D eigenvalue weighted by molar-refractivity contribution is 0.101. The molecule has 1 aliphatic rings. The highest BCUT2D eigenvalue weighted by atomic mass is 16.2. The molecule has 4 nitrogen and oxygen atoms in total. The number of carbonyl (C=O) groups excluding carboxylic acids is 2. The molecule has 0 heterocycles. The van der Waals surface area contributed by atoms with Crippen molar-refractivity contribution >= 4 is 17.5 Å². The molecule has 102 valence electrons. The third-order valence-corrected chi connectivity index (χ3v) is 3.65. The summed E-state index contributed by atoms with van der Waals surface area (Å²) in [4.78, 5) is 24.8. The molecule has 2 amide bonds. The van der Waals surface area contributed by atoms with Crippen LogP contribution in [-0.2, 0) is 0 Å². The number of carbonyl (C=O) groups is 2. The van der Waals surface area contributed by atoms with Crippen LogP contribution in [0.25, 0.3) is 0 Å². The highest BCUT2D eigenvalue weighted by Crippen LogP contribution is 2.26. The van der Waals surface area contributed by atoms with Gasteiger partial charge in [-0.2, -0.15) is 0 Å². The molecule has 4 heteroatoms. The van der Waals surface area contributed by atoms with Crippen LogP contribution < -0.4 is 5.32 Å². The van der Waals surface area contributed by atoms with Crippen LogP contribution in [0.5, 0.6) is 0 Å². The number of benzene rings is 1. The van der Waals surface area contributed by atoms with Crippen LogP contribution in [0.2, 0.25) is 0 Å². The number of hydrogen-bond acceptors (Lipinski definition) is 2. The predicted octanol–water partition coefficient (Wildman–Crippen LogP) is 3.15. The molecular formula is C15H20N2O2. The second-order valence-electron chi connectivity index (χ2n) is 5.24. The molecule has 1 aromatic rings. The van der Waals surface area contributed by atoms with Gasteiger partial charge in [-0.15, -0.1) is 0 Å². The third-order valence-electron chi connectivity index (χ3n) is 3.65. The highest BCUT2D eigenvalue weighted by molar-refractivity contribution is 5.95. The molecule has 0 bridgehead atoms. The Morgan fingerprint density at radius 3 is 2.37 bits per heavy atom. The first-order valence-electron chi connectivity index (χ1n) is 6.69. The number of amides is 2. The maximum absolute atomic E-state index is 12.0. The number of urea groups is 1. The summed E-state index contributed by atoms with van der Waals surface area (Å²) in [7, 11) is 1.82. The molecule has 1 saturated carbocycles. The molecule has 2 rings (SSSR count). The van der Waals surface area contributed by atoms with E-state index in [1.54, 1.807) is 29.2 Å². The van der Waals surface area contributed by atoms with E-state index in [1.165, 1.54) is 26.2 Å². The van der Waals surface area contributed by atoms with Gasteiger partial charge < -0.3 is 10.2 Å². The van der Waals surface area contributed by atoms with E-state index in [0.29, 0.717) is 11.5 Å². The van der Waals surface area contributed by atoms with Crippen LogP contribution in [0, 0.1) is 5.92 Å². The monoisotopic (exact) mass is 260 g/mol. The van der Waals surface area contributed by atoms with Crippen molar-refractivity contribution in [1.82, 2.24) is 4.90 Å². The van der Waals surface area contributed by atoms with Gasteiger partial charge in [0.2, 0.25) is 0 Å². The zero-order valence-corrected chi connectivity index (χ0v) is 11.5. The Morgan fingerprint density at radius 1 is 1.26 bits per heavy atom. The van der Waals surface area contributed by atoms with E-state index < -0.39 is 0 Å². The molecular weight excluding hydrogens is 240 g/mol. The van der Waals surface area contributed by atoms with Crippen molar-refractivity contribution in [3.8, 4) is 0 Å². The fraction of sp³-hybridized carbons (Fsp3) is 0.467. The summed E-state index contributed by atoms with van der Waals surface area (Å²) in [6.45, 7) is 2.34. The number of hydrogen-bond donors (Lipinski definition) is 1. The van der Waals surface area contributed by atoms with E-state index in [9.17, 15) is 9.59 Å². The standard InChI is InChI=1S/C15H20N2O2/c1-11(18)13-6-8-14(9-7-13)16-15(19)17(2)10-12-4-3-5-12/h6-9,12H,3-5,10H2,1-2H3,(H,16,19). The molecule has 19 heavy (non-hydrogen) atoms. The molecule has 1 aliphatic carbocycles. The average molecular weight is 260 g/mol. The van der Waals surface area contributed by atoms with E-state index in [0.717, 1.165) is 12.2 Å². The Hall–Kier alpha value is -1.84. The van der Waals surface area contributed by atoms with Crippen LogP contribution in [0.15, 0.2) is 24.3 Å². The molecule has 0 radical (unpaired) electrons. The van der Waals surface area contributed by atoms with Crippen molar-refractivity contribution in [3.63, 3.8) is 0 Å². The topological polar surface area (TPSA) is 49.4 Å². The smallest absolute Gasteiger partial charge is 0.321 e. The van der Waals surface area contributed by atoms with Crippen molar-refractivity contribution in [1.29, 1.82) is 0 Å². The van der Waals surface area contributed by atoms with Crippen molar-refractivity contribution in [2.75, 3.05) is 18.9 Å². The van der Waals surface area contributed by atoms with E-state index in [2.05, 4.69) is 5.32 Å². The van der Waals surface area contributed by atoms with Gasteiger partial charge in [0.1, 0.15) is 0 Å². The van der Waals surface area contributed by atoms with Crippen molar-refractivity contribution in [3.05, 3.63) is 29.8 Å². The molecule has 1 fully saturated rings. The van der Waals surface area contributed by atoms with E-state index >= 15 is 0 Å². The minimum atomic E-state index is -0.0949. The van der Waals surface area contributed by atoms with Crippen molar-refractivity contribution in [2.45, 2.75) is 26.2 Å². The first kappa shape index (κ1) is 13.6. The quantitative estimate of drug-likeness (QED) is 0.845. The Balaban J connectivity index is 1.88. The minimum Gasteiger partial charge on any atom is -0.327 e. The van der Waals surface area contributed by atoms with Crippen LogP contribution in [0.4, 0.5) is 10.5 Å². The zero-order valence-electron chi connectivity index (χ0n) is 11.5. The third kappa shape index (κ3) is 3.56. The molecule has 1 aromatic carbocycles. The first-order chi connectivity index (χ1) is 9.06. The largest absolute Gasteiger partial charge is 0.327 e. The van der Waals surface area contributed by atoms with Crippen LogP contribution >= 0.6 is 0 Å². The number of nitrogens with zero attached hydrogens (tertiary/aromatic N) is 1. The highest BCUT2D eigenvalue weighted by Gasteiger charge is 2.21. The van der Waals surface area contributed by atoms with Gasteiger partial charge in [0.15, 0.2) is 5.78 Å². The van der Waals surface area contributed by atoms with Crippen LogP contribution in [0.1, 0.15) is 36.5 Å². The fourth-order valence-electron chi connectivity index (χ4n) is 2.15. The summed E-state index contributed by atoms with van der Waals surface area (Å²) in [5, 5.41) is 2.84. The fourth-order valence-corrected chi connectivity index (χ4v) is 2.15. The molecule has 0 saturated heterocycles. The number of rotatable bonds is 4. The summed E-state index contributed by atoms with van der Waals surface area (Å²) in [6, 6.07) is 6.87. The predicted molar refractivity (Wildman–Crippen MR) is 75.4 cm³/mol. The summed E-state index contributed by atoms with van der Waals surface area (Å²) in [5.74, 6) is 0.691. The SMILES string of the molecule is CC(=O)c1ccc(NC(=O)N(C)CC2CCC2)cc1. The zero-order chi connectivity index (χ0) is 13.8. The van der Waals surface area contributed by atoms with Gasteiger partial charge in [-0.1, -0.05) is 6.42 Å². The lowest BCUT2D eigenvalue weighted by atomic mass is 9.85. The second kappa shape index (κ2) is 5.87. The first-order valence-corrected chi connectivity index (χ1v) is 6.69. The Morgan fingerprint density at radius 2 is 1.89 bits per heavy atom. The summed E-state index contributed by atoms with van der Waals surface area (Å²) in [5.41, 5.74) is 1.37. The van der Waals surface area contributed by atoms with Gasteiger partial charge in [-0.25, -0.2) is 4.79 Å². The maximum atomic E-state index is 12.0. The van der Waals surface area contributed by atoms with E-state index in [4.69, 9.17) is 0 Å². The molecule has 0 aromatic heterocycles. The lowest BCUT2D eigenvalue weighted by Crippen LogP contribution is -2.37. The number of nitrogens with one attached hydrogen (secondary N) is 1. The number of Topliss-reactive ketones (excluding diaryl/α,β-unsaturated/α-hetero) is 1. The Bertz CT molecular complexity index is 464. The van der Waals surface area contributed by atoms with Gasteiger partial charge in [-0.3, -0.25) is 4.79 Å². The van der Waals surface area contributed by atoms with Crippen LogP contribution in [0.3, 0.4) is 0 Å². The number of anilines is 1. The molecule has 0 aliphatic heterocycles. The van der Waals surface area contributed by atoms with Gasteiger partial charge in [0, 0.05) is 24.8 Å². The number of ketones is 1. The maximum Gasteiger partial charge on any atom is 0.321 e. The molecule has 0 spiro atoms. The van der Waals surface area contributed by atoms with Gasteiger partial charge in [0.25, 0.3) is 0 Å². The Labute approximate surface area is 113 Å². The van der Waals surface area contributed by atoms with Gasteiger partial charge in [-0.05, 0) is 49.9 Å². The summed E-state index contributed by atoms with van der Waals surface area (Å²) >= 11 is 0. The Kier molecular flexibility index (Phi) is 4.20. The summed E-state index contributed by atoms with van der Waals surface area (Å²) in [6.07, 6.45) is 3.74. The molecule has 0 atom stereocenters. The molecule has 0 unspecified atom stereocenters. The van der Waals surface area contributed by atoms with E-state index in [1.807, 2.05) is 7.05 Å². The van der Waals surface area contributed by atoms with Crippen molar-refractivity contribution in [2.24, 2.45) is 5.92 Å². The molecule has 1 N–H and O–H groups in total. The summed E-state index contributed by atoms with van der Waals surface area (Å²) < 4.78 is 0. The van der Waals surface area contributed by atoms with Crippen LogP contribution in [-0.4, -0.2) is 30.3 Å². The van der Waals surface area contributed by atoms with E-state index in [-0.39, 0.29) is 11.8 Å². The average Bonchev–Trinajstić information content (AvgIpc) is 2.34. The second-order valence-corrected chi connectivity index (χ2v) is 5.24. The van der Waals surface area contributed by atoms with Gasteiger partial charge in [0.05, 0.1) is 0 Å².